The summed E-state index contributed by atoms with van der Waals surface area (Å²) in [5.74, 6) is -4.92. The number of unbranched alkanes of at least 4 members (excludes halogenated alkanes) is 15. The Hall–Kier alpha value is -7.75. The van der Waals surface area contributed by atoms with Gasteiger partial charge in [0, 0.05) is 11.1 Å². The second kappa shape index (κ2) is 54.3. The quantitative estimate of drug-likeness (QED) is 0.0127. The van der Waals surface area contributed by atoms with Gasteiger partial charge in [-0.15, -0.1) is 0 Å². The topological polar surface area (TPSA) is 308 Å². The zero-order valence-corrected chi connectivity index (χ0v) is 91.8. The fourth-order valence-electron chi connectivity index (χ4n) is 20.8. The number of phenols is 6. The lowest BCUT2D eigenvalue weighted by Crippen LogP contribution is -2.14. The van der Waals surface area contributed by atoms with Gasteiger partial charge >= 0.3 is 29.8 Å². The van der Waals surface area contributed by atoms with E-state index in [1.807, 2.05) is 0 Å². The van der Waals surface area contributed by atoms with Gasteiger partial charge in [0.05, 0.1) is 27.1 Å². The molecule has 5 fully saturated rings. The number of aryl methyl sites for hydroxylation is 8. The standard InChI is InChI=1S/2C26H42O2.C25H40O2.2C23H36O5/c1-19-18-22(12-9-11-14-25(4,5)6)23(21(3)20(19)2)13-8-7-10-15-26(16-17-26)24(27)28;1-19-18-22(12-8-7-10-15-26(16-17-26)24(27)28)23(21(3)20(19)2)13-9-11-14-25(4,5)6;1-19-13-14-20(2)22(12-8-10-15-24(3,4)5)21(19)11-7-6-9-16-25(17-18-25)23(26)27;1-22(2,3)11-8-6-9-16-15-18(24)20(26)19(25)17(16)10-5-4-7-12-23(13-14-23)21(27)28;1-22(2,3)11-8-6-10-17-16(15-18(24)20(26)19(17)25)9-5-4-7-12-23(13-14-23)21(27)28/h2*18H,7-17H2,1-6H3,(H,27,28);13-14H,6-12,15-18H2,1-5H3,(H,26,27);2*15,24-26H,4-14H2,1-3H3,(H,27,28). The smallest absolute Gasteiger partial charge is 0.309 e. The summed E-state index contributed by atoms with van der Waals surface area (Å²) in [6.45, 7) is 52.3. The molecule has 0 spiro atoms. The molecule has 0 heterocycles. The number of aromatic hydroxyl groups is 6. The highest BCUT2D eigenvalue weighted by atomic mass is 16.4. The summed E-state index contributed by atoms with van der Waals surface area (Å²) in [6.07, 6.45) is 55.4. The van der Waals surface area contributed by atoms with E-state index in [0.717, 1.165) is 254 Å². The molecular formula is C123H196O16. The van der Waals surface area contributed by atoms with E-state index in [-0.39, 0.29) is 50.1 Å². The molecule has 0 aromatic heterocycles. The number of carbonyl (C=O) groups is 5. The maximum Gasteiger partial charge on any atom is 0.309 e. The minimum Gasteiger partial charge on any atom is -0.504 e. The number of rotatable bonds is 55. The second-order valence-corrected chi connectivity index (χ2v) is 50.3. The number of hydrogen-bond acceptors (Lipinski definition) is 11. The normalized spacial score (nSPS) is 15.6. The van der Waals surface area contributed by atoms with E-state index in [9.17, 15) is 80.1 Å². The minimum atomic E-state index is -0.675. The van der Waals surface area contributed by atoms with Crippen LogP contribution in [0.25, 0.3) is 0 Å². The third-order valence-electron chi connectivity index (χ3n) is 32.1. The van der Waals surface area contributed by atoms with E-state index in [4.69, 9.17) is 0 Å². The molecule has 5 saturated carbocycles. The first kappa shape index (κ1) is 120. The summed E-state index contributed by atoms with van der Waals surface area (Å²) in [6, 6.07) is 12.5. The first-order chi connectivity index (χ1) is 64.9. The maximum atomic E-state index is 11.3. The van der Waals surface area contributed by atoms with E-state index in [1.165, 1.54) is 146 Å². The van der Waals surface area contributed by atoms with Gasteiger partial charge < -0.3 is 56.2 Å². The molecule has 0 saturated heterocycles. The first-order valence-corrected chi connectivity index (χ1v) is 54.8. The van der Waals surface area contributed by atoms with Gasteiger partial charge in [-0.25, -0.2) is 0 Å². The molecule has 0 radical (unpaired) electrons. The number of carboxylic acid groups (broad SMARTS) is 5. The van der Waals surface area contributed by atoms with Crippen molar-refractivity contribution in [3.8, 4) is 34.5 Å². The Morgan fingerprint density at radius 3 is 0.619 bits per heavy atom. The van der Waals surface area contributed by atoms with Gasteiger partial charge in [0.1, 0.15) is 0 Å². The molecule has 16 heteroatoms. The average molecular weight is 1930 g/mol. The van der Waals surface area contributed by atoms with Gasteiger partial charge in [-0.05, 0) is 440 Å². The highest BCUT2D eigenvalue weighted by Crippen LogP contribution is 2.55. The Labute approximate surface area is 842 Å². The van der Waals surface area contributed by atoms with Crippen LogP contribution >= 0.6 is 0 Å². The van der Waals surface area contributed by atoms with Gasteiger partial charge in [0.25, 0.3) is 0 Å². The minimum absolute atomic E-state index is 0.200. The predicted octanol–water partition coefficient (Wildman–Crippen LogP) is 32.8. The van der Waals surface area contributed by atoms with Crippen molar-refractivity contribution in [1.82, 2.24) is 0 Å². The molecule has 0 amide bonds. The molecular weight excluding hydrogens is 1730 g/mol. The number of aliphatic carboxylic acids is 5. The maximum absolute atomic E-state index is 11.3. The fraction of sp³-hybridized carbons (Fsp3) is 0.715. The van der Waals surface area contributed by atoms with E-state index in [2.05, 4.69) is 184 Å². The summed E-state index contributed by atoms with van der Waals surface area (Å²) >= 11 is 0. The van der Waals surface area contributed by atoms with E-state index >= 15 is 0 Å². The zero-order valence-electron chi connectivity index (χ0n) is 91.8. The van der Waals surface area contributed by atoms with Gasteiger partial charge in [0.15, 0.2) is 23.0 Å². The number of phenolic OH excluding ortho intramolecular Hbond substituents is 6. The van der Waals surface area contributed by atoms with Crippen molar-refractivity contribution < 1.29 is 80.1 Å². The molecule has 0 unspecified atom stereocenters. The highest BCUT2D eigenvalue weighted by molar-refractivity contribution is 5.79. The van der Waals surface area contributed by atoms with Crippen LogP contribution in [0.1, 0.15) is 493 Å². The van der Waals surface area contributed by atoms with Gasteiger partial charge in [-0.2, -0.15) is 0 Å². The van der Waals surface area contributed by atoms with E-state index in [0.29, 0.717) is 41.1 Å². The zero-order chi connectivity index (χ0) is 104. The number of benzene rings is 5. The monoisotopic (exact) mass is 1930 g/mol. The Bertz CT molecular complexity index is 4490. The Morgan fingerprint density at radius 2 is 0.410 bits per heavy atom. The van der Waals surface area contributed by atoms with Crippen molar-refractivity contribution in [3.05, 3.63) is 137 Å². The Balaban J connectivity index is 0.000000266. The SMILES string of the molecule is CC(C)(C)CCCCc1c(CCCCCC2(C(=O)O)CC2)cc(O)c(O)c1O.CC(C)(C)CCCCc1cc(O)c(O)c(O)c1CCCCCC1(C(=O)O)CC1.Cc1cc(CCCCC(C)(C)C)c(CCCCCC2(C(=O)O)CC2)c(C)c1C.Cc1cc(CCCCCC2(C(=O)O)CC2)c(CCCCC(C)(C)C)c(C)c1C.Cc1ccc(C)c(CCCCC(C)(C)C)c1CCCCCC1(C(=O)O)CC1. The van der Waals surface area contributed by atoms with Gasteiger partial charge in [0.2, 0.25) is 11.5 Å². The molecule has 784 valence electrons. The van der Waals surface area contributed by atoms with Crippen molar-refractivity contribution in [1.29, 1.82) is 0 Å². The predicted molar refractivity (Wildman–Crippen MR) is 573 cm³/mol. The third-order valence-corrected chi connectivity index (χ3v) is 32.1. The molecule has 0 aliphatic heterocycles. The largest absolute Gasteiger partial charge is 0.504 e. The molecule has 10 rings (SSSR count). The summed E-state index contributed by atoms with van der Waals surface area (Å²) in [7, 11) is 0. The van der Waals surface area contributed by atoms with Crippen molar-refractivity contribution >= 4 is 29.8 Å². The fourth-order valence-corrected chi connectivity index (χ4v) is 20.8. The lowest BCUT2D eigenvalue weighted by molar-refractivity contribution is -0.144. The summed E-state index contributed by atoms with van der Waals surface area (Å²) in [4.78, 5) is 56.4. The van der Waals surface area contributed by atoms with Crippen LogP contribution in [0.3, 0.4) is 0 Å². The number of hydrogen-bond donors (Lipinski definition) is 11. The van der Waals surface area contributed by atoms with Crippen molar-refractivity contribution in [2.45, 2.75) is 512 Å². The molecule has 5 aromatic carbocycles. The highest BCUT2D eigenvalue weighted by Gasteiger charge is 2.52. The Kier molecular flexibility index (Phi) is 46.8. The van der Waals surface area contributed by atoms with Crippen molar-refractivity contribution in [2.75, 3.05) is 0 Å². The average Bonchev–Trinajstić information content (AvgIpc) is 1.69. The molecule has 0 atom stereocenters. The van der Waals surface area contributed by atoms with Crippen LogP contribution in [0.4, 0.5) is 0 Å². The van der Waals surface area contributed by atoms with Crippen LogP contribution in [0, 0.1) is 110 Å². The van der Waals surface area contributed by atoms with Crippen molar-refractivity contribution in [2.24, 2.45) is 54.1 Å². The molecule has 5 aromatic rings. The Morgan fingerprint density at radius 1 is 0.223 bits per heavy atom. The molecule has 5 aliphatic carbocycles. The lowest BCUT2D eigenvalue weighted by atomic mass is 9.86. The van der Waals surface area contributed by atoms with Crippen molar-refractivity contribution in [3.63, 3.8) is 0 Å². The lowest BCUT2D eigenvalue weighted by Gasteiger charge is -2.20. The van der Waals surface area contributed by atoms with Crippen LogP contribution in [-0.4, -0.2) is 86.0 Å². The molecule has 5 aliphatic rings. The summed E-state index contributed by atoms with van der Waals surface area (Å²) in [5, 5.41) is 107. The van der Waals surface area contributed by atoms with Crippen LogP contribution < -0.4 is 0 Å². The third kappa shape index (κ3) is 40.8. The second-order valence-electron chi connectivity index (χ2n) is 50.3. The molecule has 139 heavy (non-hydrogen) atoms. The van der Waals surface area contributed by atoms with E-state index in [1.54, 1.807) is 39.9 Å². The van der Waals surface area contributed by atoms with Crippen LogP contribution in [0.2, 0.25) is 0 Å². The van der Waals surface area contributed by atoms with Crippen LogP contribution in [-0.2, 0) is 88.2 Å². The van der Waals surface area contributed by atoms with Crippen LogP contribution in [0.5, 0.6) is 34.5 Å². The van der Waals surface area contributed by atoms with Gasteiger partial charge in [-0.1, -0.05) is 224 Å². The summed E-state index contributed by atoms with van der Waals surface area (Å²) < 4.78 is 0. The first-order valence-electron chi connectivity index (χ1n) is 54.8. The molecule has 16 nitrogen and oxygen atoms in total. The summed E-state index contributed by atoms with van der Waals surface area (Å²) in [5.41, 5.74) is 24.0. The van der Waals surface area contributed by atoms with Gasteiger partial charge in [-0.3, -0.25) is 24.0 Å². The molecule has 11 N–H and O–H groups in total. The van der Waals surface area contributed by atoms with Crippen LogP contribution in [0.15, 0.2) is 36.4 Å². The number of carboxylic acids is 5. The van der Waals surface area contributed by atoms with E-state index < -0.39 is 52.2 Å². The molecule has 0 bridgehead atoms.